The Bertz CT molecular complexity index is 581. The van der Waals surface area contributed by atoms with Gasteiger partial charge in [0.25, 0.3) is 5.91 Å². The molecule has 0 bridgehead atoms. The Hall–Kier alpha value is -1.29. The first-order chi connectivity index (χ1) is 8.54. The van der Waals surface area contributed by atoms with Crippen LogP contribution in [0.2, 0.25) is 15.2 Å². The number of carbonyl (C=O) groups is 1. The third kappa shape index (κ3) is 3.35. The van der Waals surface area contributed by atoms with Gasteiger partial charge in [0, 0.05) is 27.5 Å². The summed E-state index contributed by atoms with van der Waals surface area (Å²) in [5.41, 5.74) is 0.927. The molecule has 18 heavy (non-hydrogen) atoms. The van der Waals surface area contributed by atoms with Crippen LogP contribution < -0.4 is 5.32 Å². The molecule has 0 saturated heterocycles. The van der Waals surface area contributed by atoms with Crippen LogP contribution in [0.5, 0.6) is 0 Å². The zero-order valence-corrected chi connectivity index (χ0v) is 11.2. The maximum atomic E-state index is 11.9. The van der Waals surface area contributed by atoms with Crippen LogP contribution in [0, 0.1) is 0 Å². The Kier molecular flexibility index (Phi) is 4.07. The van der Waals surface area contributed by atoms with Gasteiger partial charge < -0.3 is 5.32 Å². The van der Waals surface area contributed by atoms with Crippen molar-refractivity contribution in [2.75, 3.05) is 5.32 Å². The first-order valence-corrected chi connectivity index (χ1v) is 6.07. The van der Waals surface area contributed by atoms with E-state index in [1.54, 1.807) is 24.3 Å². The van der Waals surface area contributed by atoms with Crippen LogP contribution in [-0.2, 0) is 0 Å². The van der Waals surface area contributed by atoms with E-state index in [0.717, 1.165) is 0 Å². The number of pyridine rings is 1. The second kappa shape index (κ2) is 5.57. The van der Waals surface area contributed by atoms with Gasteiger partial charge in [-0.15, -0.1) is 0 Å². The lowest BCUT2D eigenvalue weighted by Gasteiger charge is -2.06. The predicted octanol–water partition coefficient (Wildman–Crippen LogP) is 4.29. The molecule has 1 amide bonds. The fraction of sp³-hybridized carbons (Fsp3) is 0. The number of nitrogens with zero attached hydrogens (tertiary/aromatic N) is 1. The lowest BCUT2D eigenvalue weighted by molar-refractivity contribution is 0.102. The van der Waals surface area contributed by atoms with E-state index in [9.17, 15) is 4.79 Å². The molecule has 2 rings (SSSR count). The van der Waals surface area contributed by atoms with Gasteiger partial charge >= 0.3 is 0 Å². The fourth-order valence-electron chi connectivity index (χ4n) is 1.37. The van der Waals surface area contributed by atoms with Gasteiger partial charge in [0.05, 0.1) is 0 Å². The number of hydrogen-bond acceptors (Lipinski definition) is 2. The third-order valence-electron chi connectivity index (χ3n) is 2.11. The molecule has 0 aliphatic rings. The molecular weight excluding hydrogens is 295 g/mol. The van der Waals surface area contributed by atoms with Crippen molar-refractivity contribution in [1.29, 1.82) is 0 Å². The minimum absolute atomic E-state index is 0.256. The Morgan fingerprint density at radius 2 is 1.72 bits per heavy atom. The average Bonchev–Trinajstić information content (AvgIpc) is 2.27. The second-order valence-corrected chi connectivity index (χ2v) is 4.74. The van der Waals surface area contributed by atoms with Crippen molar-refractivity contribution in [3.8, 4) is 0 Å². The maximum Gasteiger partial charge on any atom is 0.255 e. The standard InChI is InChI=1S/C12H7Cl3N2O/c13-8-4-9(14)6-10(5-8)17-12(18)7-1-2-16-11(15)3-7/h1-6H,(H,17,18). The largest absolute Gasteiger partial charge is 0.322 e. The van der Waals surface area contributed by atoms with Gasteiger partial charge in [0.15, 0.2) is 0 Å². The molecule has 0 aliphatic heterocycles. The number of amides is 1. The summed E-state index contributed by atoms with van der Waals surface area (Å²) in [6.07, 6.45) is 1.46. The van der Waals surface area contributed by atoms with Crippen molar-refractivity contribution < 1.29 is 4.79 Å². The average molecular weight is 302 g/mol. The van der Waals surface area contributed by atoms with E-state index < -0.39 is 0 Å². The van der Waals surface area contributed by atoms with Crippen molar-refractivity contribution in [2.45, 2.75) is 0 Å². The summed E-state index contributed by atoms with van der Waals surface area (Å²) >= 11 is 17.4. The molecule has 1 aromatic heterocycles. The second-order valence-electron chi connectivity index (χ2n) is 3.48. The predicted molar refractivity (Wildman–Crippen MR) is 73.7 cm³/mol. The molecule has 0 atom stereocenters. The van der Waals surface area contributed by atoms with Crippen LogP contribution in [-0.4, -0.2) is 10.9 Å². The molecular formula is C12H7Cl3N2O. The monoisotopic (exact) mass is 300 g/mol. The topological polar surface area (TPSA) is 42.0 Å². The number of aromatic nitrogens is 1. The summed E-state index contributed by atoms with van der Waals surface area (Å²) in [7, 11) is 0. The lowest BCUT2D eigenvalue weighted by atomic mass is 10.2. The number of nitrogens with one attached hydrogen (secondary N) is 1. The normalized spacial score (nSPS) is 10.2. The Morgan fingerprint density at radius 1 is 1.06 bits per heavy atom. The molecule has 0 unspecified atom stereocenters. The van der Waals surface area contributed by atoms with E-state index in [1.165, 1.54) is 12.3 Å². The minimum atomic E-state index is -0.308. The highest BCUT2D eigenvalue weighted by Crippen LogP contribution is 2.23. The van der Waals surface area contributed by atoms with E-state index in [4.69, 9.17) is 34.8 Å². The first kappa shape index (κ1) is 13.1. The van der Waals surface area contributed by atoms with Gasteiger partial charge in [-0.2, -0.15) is 0 Å². The number of rotatable bonds is 2. The van der Waals surface area contributed by atoms with E-state index in [1.807, 2.05) is 0 Å². The first-order valence-electron chi connectivity index (χ1n) is 4.93. The van der Waals surface area contributed by atoms with Gasteiger partial charge in [-0.05, 0) is 30.3 Å². The summed E-state index contributed by atoms with van der Waals surface area (Å²) in [4.78, 5) is 15.7. The van der Waals surface area contributed by atoms with Crippen LogP contribution in [0.1, 0.15) is 10.4 Å². The fourth-order valence-corrected chi connectivity index (χ4v) is 2.07. The van der Waals surface area contributed by atoms with Gasteiger partial charge in [-0.25, -0.2) is 4.98 Å². The zero-order chi connectivity index (χ0) is 13.1. The van der Waals surface area contributed by atoms with Crippen molar-refractivity contribution >= 4 is 46.4 Å². The lowest BCUT2D eigenvalue weighted by Crippen LogP contribution is -2.11. The number of benzene rings is 1. The zero-order valence-electron chi connectivity index (χ0n) is 8.95. The summed E-state index contributed by atoms with van der Waals surface area (Å²) in [5.74, 6) is -0.308. The SMILES string of the molecule is O=C(Nc1cc(Cl)cc(Cl)c1)c1ccnc(Cl)c1. The number of halogens is 3. The van der Waals surface area contributed by atoms with Gasteiger partial charge in [0.2, 0.25) is 0 Å². The molecule has 6 heteroatoms. The highest BCUT2D eigenvalue weighted by molar-refractivity contribution is 6.35. The molecule has 0 fully saturated rings. The van der Waals surface area contributed by atoms with E-state index in [0.29, 0.717) is 21.3 Å². The molecule has 1 N–H and O–H groups in total. The highest BCUT2D eigenvalue weighted by Gasteiger charge is 2.07. The molecule has 92 valence electrons. The number of hydrogen-bond donors (Lipinski definition) is 1. The Morgan fingerprint density at radius 3 is 2.33 bits per heavy atom. The number of anilines is 1. The summed E-state index contributed by atoms with van der Waals surface area (Å²) in [6, 6.07) is 7.83. The maximum absolute atomic E-state index is 11.9. The summed E-state index contributed by atoms with van der Waals surface area (Å²) < 4.78 is 0. The highest BCUT2D eigenvalue weighted by atomic mass is 35.5. The van der Waals surface area contributed by atoms with Gasteiger partial charge in [0.1, 0.15) is 5.15 Å². The van der Waals surface area contributed by atoms with Crippen LogP contribution >= 0.6 is 34.8 Å². The molecule has 0 spiro atoms. The summed E-state index contributed by atoms with van der Waals surface area (Å²) in [6.45, 7) is 0. The molecule has 2 aromatic rings. The molecule has 0 saturated carbocycles. The molecule has 1 aromatic carbocycles. The molecule has 3 nitrogen and oxygen atoms in total. The molecule has 0 aliphatic carbocycles. The number of carbonyl (C=O) groups excluding carboxylic acids is 1. The van der Waals surface area contributed by atoms with Crippen LogP contribution in [0.3, 0.4) is 0 Å². The van der Waals surface area contributed by atoms with Gasteiger partial charge in [-0.1, -0.05) is 34.8 Å². The van der Waals surface area contributed by atoms with E-state index in [-0.39, 0.29) is 11.1 Å². The van der Waals surface area contributed by atoms with Crippen LogP contribution in [0.4, 0.5) is 5.69 Å². The minimum Gasteiger partial charge on any atom is -0.322 e. The van der Waals surface area contributed by atoms with Gasteiger partial charge in [-0.3, -0.25) is 4.79 Å². The Balaban J connectivity index is 2.21. The third-order valence-corrected chi connectivity index (χ3v) is 2.75. The summed E-state index contributed by atoms with van der Waals surface area (Å²) in [5, 5.41) is 3.83. The van der Waals surface area contributed by atoms with Crippen molar-refractivity contribution in [1.82, 2.24) is 4.98 Å². The quantitative estimate of drug-likeness (QED) is 0.841. The van der Waals surface area contributed by atoms with Crippen molar-refractivity contribution in [2.24, 2.45) is 0 Å². The Labute approximate surface area is 119 Å². The van der Waals surface area contributed by atoms with E-state index >= 15 is 0 Å². The van der Waals surface area contributed by atoms with Crippen LogP contribution in [0.15, 0.2) is 36.5 Å². The van der Waals surface area contributed by atoms with Crippen molar-refractivity contribution in [3.05, 3.63) is 57.3 Å². The molecule has 0 radical (unpaired) electrons. The molecule has 1 heterocycles. The van der Waals surface area contributed by atoms with Crippen molar-refractivity contribution in [3.63, 3.8) is 0 Å². The van der Waals surface area contributed by atoms with Crippen LogP contribution in [0.25, 0.3) is 0 Å². The smallest absolute Gasteiger partial charge is 0.255 e. The van der Waals surface area contributed by atoms with E-state index in [2.05, 4.69) is 10.3 Å².